The Hall–Kier alpha value is -0.830. The van der Waals surface area contributed by atoms with Gasteiger partial charge in [-0.25, -0.2) is 0 Å². The molecule has 0 aliphatic heterocycles. The Morgan fingerprint density at radius 2 is 2.25 bits per heavy atom. The fourth-order valence-corrected chi connectivity index (χ4v) is 3.06. The third-order valence-corrected chi connectivity index (χ3v) is 4.64. The molecule has 1 aromatic rings. The summed E-state index contributed by atoms with van der Waals surface area (Å²) >= 11 is 1.51. The van der Waals surface area contributed by atoms with Crippen molar-refractivity contribution in [2.45, 2.75) is 39.2 Å². The number of hydrogen-bond donors (Lipinski definition) is 1. The van der Waals surface area contributed by atoms with Crippen molar-refractivity contribution in [1.82, 2.24) is 5.32 Å². The van der Waals surface area contributed by atoms with Crippen molar-refractivity contribution in [3.05, 3.63) is 22.4 Å². The van der Waals surface area contributed by atoms with E-state index in [1.807, 2.05) is 17.5 Å². The SMILES string of the molecule is CC1CCCC(NC(=O)c2cccs2)C1C. The number of carbonyl (C=O) groups excluding carboxylic acids is 1. The van der Waals surface area contributed by atoms with Gasteiger partial charge in [-0.2, -0.15) is 0 Å². The molecular formula is C13H19NOS. The molecule has 1 aromatic heterocycles. The van der Waals surface area contributed by atoms with Crippen LogP contribution in [0, 0.1) is 11.8 Å². The second kappa shape index (κ2) is 5.00. The van der Waals surface area contributed by atoms with E-state index in [1.165, 1.54) is 24.2 Å². The van der Waals surface area contributed by atoms with E-state index in [0.717, 1.165) is 17.2 Å². The quantitative estimate of drug-likeness (QED) is 0.840. The van der Waals surface area contributed by atoms with Gasteiger partial charge in [0.1, 0.15) is 0 Å². The monoisotopic (exact) mass is 237 g/mol. The Kier molecular flexibility index (Phi) is 3.64. The molecule has 0 bridgehead atoms. The molecule has 1 fully saturated rings. The van der Waals surface area contributed by atoms with Crippen LogP contribution in [-0.2, 0) is 0 Å². The number of hydrogen-bond acceptors (Lipinski definition) is 2. The number of carbonyl (C=O) groups is 1. The summed E-state index contributed by atoms with van der Waals surface area (Å²) in [6.45, 7) is 4.54. The van der Waals surface area contributed by atoms with Crippen LogP contribution >= 0.6 is 11.3 Å². The van der Waals surface area contributed by atoms with Gasteiger partial charge >= 0.3 is 0 Å². The van der Waals surface area contributed by atoms with Crippen molar-refractivity contribution in [3.8, 4) is 0 Å². The molecule has 0 spiro atoms. The van der Waals surface area contributed by atoms with Gasteiger partial charge in [-0.05, 0) is 29.7 Å². The molecular weight excluding hydrogens is 218 g/mol. The third-order valence-electron chi connectivity index (χ3n) is 3.77. The molecule has 2 nitrogen and oxygen atoms in total. The van der Waals surface area contributed by atoms with Crippen LogP contribution in [0.25, 0.3) is 0 Å². The molecule has 1 heterocycles. The van der Waals surface area contributed by atoms with Crippen molar-refractivity contribution < 1.29 is 4.79 Å². The maximum absolute atomic E-state index is 11.9. The normalized spacial score (nSPS) is 30.0. The molecule has 3 heteroatoms. The minimum Gasteiger partial charge on any atom is -0.348 e. The summed E-state index contributed by atoms with van der Waals surface area (Å²) in [5.74, 6) is 1.42. The van der Waals surface area contributed by atoms with Crippen LogP contribution in [0.5, 0.6) is 0 Å². The largest absolute Gasteiger partial charge is 0.348 e. The van der Waals surface area contributed by atoms with Crippen molar-refractivity contribution in [1.29, 1.82) is 0 Å². The lowest BCUT2D eigenvalue weighted by molar-refractivity contribution is 0.0895. The van der Waals surface area contributed by atoms with E-state index in [-0.39, 0.29) is 5.91 Å². The molecule has 88 valence electrons. The molecule has 3 atom stereocenters. The van der Waals surface area contributed by atoms with Gasteiger partial charge in [0.05, 0.1) is 4.88 Å². The number of amides is 1. The highest BCUT2D eigenvalue weighted by atomic mass is 32.1. The first-order valence-electron chi connectivity index (χ1n) is 6.03. The predicted octanol–water partition coefficient (Wildman–Crippen LogP) is 3.30. The number of thiophene rings is 1. The fourth-order valence-electron chi connectivity index (χ4n) is 2.43. The Balaban J connectivity index is 1.96. The molecule has 0 aromatic carbocycles. The minimum atomic E-state index is 0.0981. The molecule has 3 unspecified atom stereocenters. The molecule has 2 rings (SSSR count). The molecule has 16 heavy (non-hydrogen) atoms. The summed E-state index contributed by atoms with van der Waals surface area (Å²) in [6, 6.07) is 4.17. The molecule has 1 saturated carbocycles. The van der Waals surface area contributed by atoms with E-state index in [1.54, 1.807) is 0 Å². The van der Waals surface area contributed by atoms with Gasteiger partial charge in [-0.15, -0.1) is 11.3 Å². The summed E-state index contributed by atoms with van der Waals surface area (Å²) in [7, 11) is 0. The second-order valence-electron chi connectivity index (χ2n) is 4.82. The second-order valence-corrected chi connectivity index (χ2v) is 5.77. The average molecular weight is 237 g/mol. The van der Waals surface area contributed by atoms with Crippen molar-refractivity contribution in [3.63, 3.8) is 0 Å². The van der Waals surface area contributed by atoms with Gasteiger partial charge in [0.15, 0.2) is 0 Å². The summed E-state index contributed by atoms with van der Waals surface area (Å²) in [5.41, 5.74) is 0. The first-order valence-corrected chi connectivity index (χ1v) is 6.91. The Labute approximate surface area is 101 Å². The predicted molar refractivity (Wildman–Crippen MR) is 67.8 cm³/mol. The summed E-state index contributed by atoms with van der Waals surface area (Å²) < 4.78 is 0. The van der Waals surface area contributed by atoms with Crippen LogP contribution in [0.3, 0.4) is 0 Å². The number of nitrogens with one attached hydrogen (secondary N) is 1. The van der Waals surface area contributed by atoms with Gasteiger partial charge in [0.25, 0.3) is 5.91 Å². The highest BCUT2D eigenvalue weighted by Crippen LogP contribution is 2.29. The lowest BCUT2D eigenvalue weighted by Crippen LogP contribution is -2.43. The summed E-state index contributed by atoms with van der Waals surface area (Å²) in [4.78, 5) is 12.8. The van der Waals surface area contributed by atoms with E-state index in [9.17, 15) is 4.79 Å². The third kappa shape index (κ3) is 2.46. The van der Waals surface area contributed by atoms with Crippen molar-refractivity contribution >= 4 is 17.2 Å². The highest BCUT2D eigenvalue weighted by molar-refractivity contribution is 7.12. The van der Waals surface area contributed by atoms with Gasteiger partial charge < -0.3 is 5.32 Å². The minimum absolute atomic E-state index is 0.0981. The van der Waals surface area contributed by atoms with Gasteiger partial charge in [-0.1, -0.05) is 32.8 Å². The maximum atomic E-state index is 11.9. The first-order chi connectivity index (χ1) is 7.68. The van der Waals surface area contributed by atoms with Crippen LogP contribution in [-0.4, -0.2) is 11.9 Å². The summed E-state index contributed by atoms with van der Waals surface area (Å²) in [6.07, 6.45) is 3.66. The van der Waals surface area contributed by atoms with Gasteiger partial charge in [0, 0.05) is 6.04 Å². The Morgan fingerprint density at radius 1 is 1.44 bits per heavy atom. The zero-order valence-electron chi connectivity index (χ0n) is 9.90. The van der Waals surface area contributed by atoms with Crippen molar-refractivity contribution in [2.75, 3.05) is 0 Å². The molecule has 0 saturated heterocycles. The maximum Gasteiger partial charge on any atom is 0.261 e. The van der Waals surface area contributed by atoms with Crippen LogP contribution in [0.4, 0.5) is 0 Å². The topological polar surface area (TPSA) is 29.1 Å². The molecule has 1 N–H and O–H groups in total. The van der Waals surface area contributed by atoms with Gasteiger partial charge in [0.2, 0.25) is 0 Å². The molecule has 1 aliphatic carbocycles. The Bertz CT molecular complexity index is 347. The molecule has 1 amide bonds. The van der Waals surface area contributed by atoms with Crippen LogP contribution in [0.15, 0.2) is 17.5 Å². The Morgan fingerprint density at radius 3 is 2.94 bits per heavy atom. The smallest absolute Gasteiger partial charge is 0.261 e. The van der Waals surface area contributed by atoms with Crippen molar-refractivity contribution in [2.24, 2.45) is 11.8 Å². The zero-order valence-corrected chi connectivity index (χ0v) is 10.7. The van der Waals surface area contributed by atoms with E-state index in [4.69, 9.17) is 0 Å². The summed E-state index contributed by atoms with van der Waals surface area (Å²) in [5, 5.41) is 5.12. The lowest BCUT2D eigenvalue weighted by atomic mass is 9.78. The van der Waals surface area contributed by atoms with Crippen LogP contribution in [0.1, 0.15) is 42.8 Å². The zero-order chi connectivity index (χ0) is 11.5. The number of rotatable bonds is 2. The van der Waals surface area contributed by atoms with Crippen LogP contribution < -0.4 is 5.32 Å². The van der Waals surface area contributed by atoms with E-state index in [2.05, 4.69) is 19.2 Å². The van der Waals surface area contributed by atoms with E-state index >= 15 is 0 Å². The van der Waals surface area contributed by atoms with E-state index < -0.39 is 0 Å². The van der Waals surface area contributed by atoms with Crippen LogP contribution in [0.2, 0.25) is 0 Å². The molecule has 1 aliphatic rings. The van der Waals surface area contributed by atoms with Gasteiger partial charge in [-0.3, -0.25) is 4.79 Å². The van der Waals surface area contributed by atoms with E-state index in [0.29, 0.717) is 12.0 Å². The molecule has 0 radical (unpaired) electrons. The fraction of sp³-hybridized carbons (Fsp3) is 0.615. The lowest BCUT2D eigenvalue weighted by Gasteiger charge is -2.34. The standard InChI is InChI=1S/C13H19NOS/c1-9-5-3-6-11(10(9)2)14-13(15)12-7-4-8-16-12/h4,7-11H,3,5-6H2,1-2H3,(H,14,15). The first kappa shape index (κ1) is 11.6. The highest BCUT2D eigenvalue weighted by Gasteiger charge is 2.28. The average Bonchev–Trinajstić information content (AvgIpc) is 2.78.